The van der Waals surface area contributed by atoms with Gasteiger partial charge in [-0.15, -0.1) is 0 Å². The van der Waals surface area contributed by atoms with Crippen LogP contribution in [-0.4, -0.2) is 29.0 Å². The van der Waals surface area contributed by atoms with Crippen LogP contribution in [0.15, 0.2) is 24.4 Å². The largest absolute Gasteiger partial charge is 0.326 e. The van der Waals surface area contributed by atoms with Crippen molar-refractivity contribution in [3.63, 3.8) is 0 Å². The van der Waals surface area contributed by atoms with Crippen LogP contribution in [-0.2, 0) is 0 Å². The Morgan fingerprint density at radius 2 is 2.00 bits per heavy atom. The highest BCUT2D eigenvalue weighted by atomic mass is 15.2. The van der Waals surface area contributed by atoms with Gasteiger partial charge in [-0.3, -0.25) is 9.88 Å². The van der Waals surface area contributed by atoms with Gasteiger partial charge in [-0.1, -0.05) is 12.5 Å². The van der Waals surface area contributed by atoms with Crippen molar-refractivity contribution in [2.24, 2.45) is 17.6 Å². The number of hydrogen-bond acceptors (Lipinski definition) is 3. The first-order valence-electron chi connectivity index (χ1n) is 7.16. The van der Waals surface area contributed by atoms with Crippen molar-refractivity contribution in [3.05, 3.63) is 30.1 Å². The molecule has 1 aliphatic carbocycles. The Morgan fingerprint density at radius 1 is 1.28 bits per heavy atom. The van der Waals surface area contributed by atoms with Crippen molar-refractivity contribution in [1.82, 2.24) is 9.88 Å². The van der Waals surface area contributed by atoms with E-state index in [1.54, 1.807) is 0 Å². The Bertz CT molecular complexity index is 378. The van der Waals surface area contributed by atoms with Gasteiger partial charge in [0.15, 0.2) is 0 Å². The van der Waals surface area contributed by atoms with Crippen LogP contribution in [0.5, 0.6) is 0 Å². The third-order valence-corrected chi connectivity index (χ3v) is 4.64. The van der Waals surface area contributed by atoms with E-state index < -0.39 is 0 Å². The molecule has 3 heteroatoms. The lowest BCUT2D eigenvalue weighted by atomic mass is 10.0. The number of hydrogen-bond donors (Lipinski definition) is 1. The predicted octanol–water partition coefficient (Wildman–Crippen LogP) is 2.20. The van der Waals surface area contributed by atoms with Crippen LogP contribution in [0, 0.1) is 11.8 Å². The lowest BCUT2D eigenvalue weighted by Crippen LogP contribution is -2.39. The zero-order chi connectivity index (χ0) is 12.5. The summed E-state index contributed by atoms with van der Waals surface area (Å²) in [5, 5.41) is 0. The molecular weight excluding hydrogens is 222 g/mol. The Balaban J connectivity index is 1.79. The topological polar surface area (TPSA) is 42.1 Å². The summed E-state index contributed by atoms with van der Waals surface area (Å²) >= 11 is 0. The average Bonchev–Trinajstić information content (AvgIpc) is 2.91. The maximum absolute atomic E-state index is 6.22. The minimum Gasteiger partial charge on any atom is -0.326 e. The van der Waals surface area contributed by atoms with Crippen molar-refractivity contribution in [3.8, 4) is 0 Å². The Labute approximate surface area is 109 Å². The smallest absolute Gasteiger partial charge is 0.0671 e. The highest BCUT2D eigenvalue weighted by molar-refractivity contribution is 5.12. The van der Waals surface area contributed by atoms with E-state index in [0.717, 1.165) is 17.5 Å². The normalized spacial score (nSPS) is 31.2. The predicted molar refractivity (Wildman–Crippen MR) is 73.0 cm³/mol. The van der Waals surface area contributed by atoms with E-state index in [4.69, 9.17) is 5.73 Å². The highest BCUT2D eigenvalue weighted by Gasteiger charge is 2.40. The molecular formula is C15H23N3. The van der Waals surface area contributed by atoms with E-state index in [1.165, 1.54) is 32.4 Å². The Kier molecular flexibility index (Phi) is 3.35. The number of fused-ring (bicyclic) bond motifs is 1. The number of likely N-dealkylation sites (tertiary alicyclic amines) is 1. The van der Waals surface area contributed by atoms with E-state index in [2.05, 4.69) is 28.9 Å². The van der Waals surface area contributed by atoms with Gasteiger partial charge < -0.3 is 5.73 Å². The summed E-state index contributed by atoms with van der Waals surface area (Å²) in [7, 11) is 0. The van der Waals surface area contributed by atoms with Crippen LogP contribution in [0.3, 0.4) is 0 Å². The summed E-state index contributed by atoms with van der Waals surface area (Å²) in [6, 6.07) is 6.58. The van der Waals surface area contributed by atoms with E-state index in [9.17, 15) is 0 Å². The molecule has 3 rings (SSSR count). The molecule has 0 bridgehead atoms. The van der Waals surface area contributed by atoms with Gasteiger partial charge in [0.25, 0.3) is 0 Å². The third-order valence-electron chi connectivity index (χ3n) is 4.64. The molecule has 0 amide bonds. The maximum atomic E-state index is 6.22. The van der Waals surface area contributed by atoms with E-state index in [0.29, 0.717) is 0 Å². The van der Waals surface area contributed by atoms with Crippen LogP contribution < -0.4 is 5.73 Å². The molecule has 98 valence electrons. The van der Waals surface area contributed by atoms with Crippen LogP contribution in [0.25, 0.3) is 0 Å². The molecule has 4 atom stereocenters. The van der Waals surface area contributed by atoms with Gasteiger partial charge in [0.05, 0.1) is 11.7 Å². The average molecular weight is 245 g/mol. The Hall–Kier alpha value is -0.930. The molecule has 2 heterocycles. The number of aromatic nitrogens is 1. The van der Waals surface area contributed by atoms with E-state index >= 15 is 0 Å². The second-order valence-electron chi connectivity index (χ2n) is 5.96. The van der Waals surface area contributed by atoms with E-state index in [-0.39, 0.29) is 12.1 Å². The number of nitrogens with two attached hydrogens (primary N) is 1. The summed E-state index contributed by atoms with van der Waals surface area (Å²) in [6.45, 7) is 4.54. The lowest BCUT2D eigenvalue weighted by molar-refractivity contribution is 0.199. The molecule has 1 aromatic rings. The second kappa shape index (κ2) is 4.98. The fourth-order valence-electron chi connectivity index (χ4n) is 3.84. The first kappa shape index (κ1) is 12.1. The minimum absolute atomic E-state index is 0.138. The highest BCUT2D eigenvalue weighted by Crippen LogP contribution is 2.41. The summed E-state index contributed by atoms with van der Waals surface area (Å²) < 4.78 is 0. The van der Waals surface area contributed by atoms with Gasteiger partial charge in [0, 0.05) is 25.3 Å². The van der Waals surface area contributed by atoms with Gasteiger partial charge in [0.1, 0.15) is 0 Å². The summed E-state index contributed by atoms with van der Waals surface area (Å²) in [5.41, 5.74) is 7.35. The van der Waals surface area contributed by atoms with Gasteiger partial charge in [0.2, 0.25) is 0 Å². The number of rotatable bonds is 3. The molecule has 1 aliphatic heterocycles. The molecule has 0 aromatic carbocycles. The SMILES string of the molecule is CC(N)C(c1ccccn1)N1CC2CCCC2C1. The van der Waals surface area contributed by atoms with Crippen LogP contribution in [0.1, 0.15) is 37.9 Å². The molecule has 2 aliphatic rings. The zero-order valence-electron chi connectivity index (χ0n) is 11.1. The first-order chi connectivity index (χ1) is 8.75. The molecule has 18 heavy (non-hydrogen) atoms. The van der Waals surface area contributed by atoms with Gasteiger partial charge in [-0.25, -0.2) is 0 Å². The molecule has 1 aromatic heterocycles. The minimum atomic E-state index is 0.138. The van der Waals surface area contributed by atoms with Crippen LogP contribution in [0.2, 0.25) is 0 Å². The maximum Gasteiger partial charge on any atom is 0.0671 e. The van der Waals surface area contributed by atoms with Crippen LogP contribution in [0.4, 0.5) is 0 Å². The van der Waals surface area contributed by atoms with Crippen LogP contribution >= 0.6 is 0 Å². The fraction of sp³-hybridized carbons (Fsp3) is 0.667. The molecule has 1 saturated heterocycles. The standard InChI is InChI=1S/C15H23N3/c1-11(16)15(14-7-2-3-8-17-14)18-9-12-5-4-6-13(12)10-18/h2-3,7-8,11-13,15H,4-6,9-10,16H2,1H3. The van der Waals surface area contributed by atoms with Gasteiger partial charge >= 0.3 is 0 Å². The molecule has 0 radical (unpaired) electrons. The molecule has 3 nitrogen and oxygen atoms in total. The summed E-state index contributed by atoms with van der Waals surface area (Å²) in [6.07, 6.45) is 6.13. The van der Waals surface area contributed by atoms with Crippen molar-refractivity contribution >= 4 is 0 Å². The summed E-state index contributed by atoms with van der Waals surface area (Å²) in [4.78, 5) is 7.09. The molecule has 0 spiro atoms. The lowest BCUT2D eigenvalue weighted by Gasteiger charge is -2.31. The monoisotopic (exact) mass is 245 g/mol. The zero-order valence-corrected chi connectivity index (χ0v) is 11.1. The van der Waals surface area contributed by atoms with Crippen molar-refractivity contribution < 1.29 is 0 Å². The molecule has 2 N–H and O–H groups in total. The number of nitrogens with zero attached hydrogens (tertiary/aromatic N) is 2. The van der Waals surface area contributed by atoms with Crippen molar-refractivity contribution in [2.45, 2.75) is 38.3 Å². The Morgan fingerprint density at radius 3 is 2.56 bits per heavy atom. The summed E-state index contributed by atoms with van der Waals surface area (Å²) in [5.74, 6) is 1.82. The number of pyridine rings is 1. The fourth-order valence-corrected chi connectivity index (χ4v) is 3.84. The third kappa shape index (κ3) is 2.17. The van der Waals surface area contributed by atoms with Crippen molar-refractivity contribution in [1.29, 1.82) is 0 Å². The first-order valence-corrected chi connectivity index (χ1v) is 7.16. The van der Waals surface area contributed by atoms with E-state index in [1.807, 2.05) is 12.3 Å². The molecule has 1 saturated carbocycles. The second-order valence-corrected chi connectivity index (χ2v) is 5.96. The van der Waals surface area contributed by atoms with Gasteiger partial charge in [-0.2, -0.15) is 0 Å². The van der Waals surface area contributed by atoms with Crippen molar-refractivity contribution in [2.75, 3.05) is 13.1 Å². The molecule has 2 fully saturated rings. The quantitative estimate of drug-likeness (QED) is 0.887. The van der Waals surface area contributed by atoms with Gasteiger partial charge in [-0.05, 0) is 43.7 Å². The molecule has 4 unspecified atom stereocenters.